The Balaban J connectivity index is 2.84. The minimum Gasteiger partial charge on any atom is -0.242 e. The van der Waals surface area contributed by atoms with E-state index in [2.05, 4.69) is 55.5 Å². The number of alkyl halides is 1. The van der Waals surface area contributed by atoms with Gasteiger partial charge in [0.1, 0.15) is 3.70 Å². The van der Waals surface area contributed by atoms with Gasteiger partial charge in [-0.05, 0) is 22.6 Å². The Bertz CT molecular complexity index is 173. The monoisotopic (exact) mass is 335 g/mol. The van der Waals surface area contributed by atoms with Crippen LogP contribution in [0.2, 0.25) is 0 Å². The second kappa shape index (κ2) is 2.95. The third kappa shape index (κ3) is 1.54. The average molecular weight is 335 g/mol. The van der Waals surface area contributed by atoms with Gasteiger partial charge >= 0.3 is 0 Å². The van der Waals surface area contributed by atoms with E-state index in [1.165, 1.54) is 0 Å². The van der Waals surface area contributed by atoms with Crippen LogP contribution in [-0.2, 0) is 4.55 Å². The minimum absolute atomic E-state index is 0.869. The highest BCUT2D eigenvalue weighted by Gasteiger charge is 1.90. The van der Waals surface area contributed by atoms with E-state index in [0.29, 0.717) is 0 Å². The van der Waals surface area contributed by atoms with Gasteiger partial charge in [-0.15, -0.1) is 5.10 Å². The van der Waals surface area contributed by atoms with Crippen LogP contribution in [0.5, 0.6) is 0 Å². The van der Waals surface area contributed by atoms with E-state index in [4.69, 9.17) is 0 Å². The van der Waals surface area contributed by atoms with Gasteiger partial charge in [-0.3, -0.25) is 0 Å². The largest absolute Gasteiger partial charge is 0.242 e. The molecule has 0 saturated carbocycles. The number of hydrogen-bond donors (Lipinski definition) is 0. The van der Waals surface area contributed by atoms with Crippen LogP contribution in [0.4, 0.5) is 0 Å². The zero-order chi connectivity index (χ0) is 5.98. The first-order chi connectivity index (χ1) is 3.83. The molecule has 0 N–H and O–H groups in total. The van der Waals surface area contributed by atoms with Crippen molar-refractivity contribution in [1.29, 1.82) is 0 Å². The third-order valence-electron chi connectivity index (χ3n) is 0.633. The molecule has 5 heteroatoms. The van der Waals surface area contributed by atoms with Gasteiger partial charge in [0, 0.05) is 0 Å². The molecule has 0 radical (unpaired) electrons. The maximum atomic E-state index is 3.79. The lowest BCUT2D eigenvalue weighted by Crippen LogP contribution is -1.90. The van der Waals surface area contributed by atoms with Crippen LogP contribution in [0.15, 0.2) is 6.20 Å². The van der Waals surface area contributed by atoms with E-state index in [1.54, 1.807) is 4.68 Å². The predicted octanol–water partition coefficient (Wildman–Crippen LogP) is 1.28. The Morgan fingerprint density at radius 3 is 2.75 bits per heavy atom. The van der Waals surface area contributed by atoms with Crippen molar-refractivity contribution < 1.29 is 0 Å². The molecule has 0 aliphatic rings. The molecule has 0 aliphatic carbocycles. The molecule has 8 heavy (non-hydrogen) atoms. The van der Waals surface area contributed by atoms with Gasteiger partial charge < -0.3 is 0 Å². The minimum atomic E-state index is 0.869. The highest BCUT2D eigenvalue weighted by molar-refractivity contribution is 14.1. The summed E-state index contributed by atoms with van der Waals surface area (Å²) in [5, 5.41) is 7.57. The SMILES string of the molecule is ICn1cc(I)nn1. The van der Waals surface area contributed by atoms with Crippen molar-refractivity contribution in [2.45, 2.75) is 4.55 Å². The van der Waals surface area contributed by atoms with Gasteiger partial charge in [0.15, 0.2) is 0 Å². The lowest BCUT2D eigenvalue weighted by atomic mass is 10.9. The van der Waals surface area contributed by atoms with E-state index < -0.39 is 0 Å². The molecule has 0 bridgehead atoms. The zero-order valence-electron chi connectivity index (χ0n) is 3.88. The fraction of sp³-hybridized carbons (Fsp3) is 0.333. The van der Waals surface area contributed by atoms with E-state index >= 15 is 0 Å². The number of halogens is 2. The molecule has 44 valence electrons. The molecule has 1 heterocycles. The van der Waals surface area contributed by atoms with Crippen LogP contribution in [0, 0.1) is 3.70 Å². The molecule has 1 aromatic heterocycles. The van der Waals surface area contributed by atoms with Crippen molar-refractivity contribution >= 4 is 45.2 Å². The Hall–Kier alpha value is 0.600. The molecule has 1 aromatic rings. The highest BCUT2D eigenvalue weighted by atomic mass is 127. The average Bonchev–Trinajstić information content (AvgIpc) is 2.14. The van der Waals surface area contributed by atoms with Crippen molar-refractivity contribution in [3.8, 4) is 0 Å². The molecule has 3 nitrogen and oxygen atoms in total. The van der Waals surface area contributed by atoms with Gasteiger partial charge in [-0.25, -0.2) is 4.68 Å². The molecule has 0 fully saturated rings. The first-order valence-electron chi connectivity index (χ1n) is 1.94. The fourth-order valence-electron chi connectivity index (χ4n) is 0.333. The molecular weight excluding hydrogens is 332 g/mol. The van der Waals surface area contributed by atoms with Crippen molar-refractivity contribution in [1.82, 2.24) is 15.0 Å². The topological polar surface area (TPSA) is 30.7 Å². The Labute approximate surface area is 74.1 Å². The summed E-state index contributed by atoms with van der Waals surface area (Å²) in [6.07, 6.45) is 1.90. The molecule has 0 aromatic carbocycles. The lowest BCUT2D eigenvalue weighted by Gasteiger charge is -1.83. The molecule has 0 spiro atoms. The van der Waals surface area contributed by atoms with Crippen molar-refractivity contribution in [3.05, 3.63) is 9.90 Å². The van der Waals surface area contributed by atoms with Crippen LogP contribution >= 0.6 is 45.2 Å². The van der Waals surface area contributed by atoms with Crippen LogP contribution in [0.3, 0.4) is 0 Å². The maximum absolute atomic E-state index is 3.79. The molecule has 0 aliphatic heterocycles. The normalized spacial score (nSPS) is 9.75. The van der Waals surface area contributed by atoms with Crippen LogP contribution in [0.25, 0.3) is 0 Å². The van der Waals surface area contributed by atoms with Crippen molar-refractivity contribution in [2.24, 2.45) is 0 Å². The Kier molecular flexibility index (Phi) is 2.47. The van der Waals surface area contributed by atoms with Gasteiger partial charge in [0.25, 0.3) is 0 Å². The lowest BCUT2D eigenvalue weighted by molar-refractivity contribution is 0.714. The molecule has 0 saturated heterocycles. The smallest absolute Gasteiger partial charge is 0.143 e. The Morgan fingerprint density at radius 1 is 1.75 bits per heavy atom. The summed E-state index contributed by atoms with van der Waals surface area (Å²) in [6.45, 7) is 0. The molecular formula is C3H3I2N3. The van der Waals surface area contributed by atoms with Gasteiger partial charge in [-0.1, -0.05) is 27.8 Å². The fourth-order valence-corrected chi connectivity index (χ4v) is 1.08. The second-order valence-electron chi connectivity index (χ2n) is 1.20. The van der Waals surface area contributed by atoms with Crippen molar-refractivity contribution in [2.75, 3.05) is 0 Å². The summed E-state index contributed by atoms with van der Waals surface area (Å²) in [7, 11) is 0. The quantitative estimate of drug-likeness (QED) is 0.572. The first kappa shape index (κ1) is 6.72. The number of aromatic nitrogens is 3. The molecule has 0 unspecified atom stereocenters. The van der Waals surface area contributed by atoms with Crippen LogP contribution < -0.4 is 0 Å². The van der Waals surface area contributed by atoms with Crippen LogP contribution in [-0.4, -0.2) is 15.0 Å². The summed E-state index contributed by atoms with van der Waals surface area (Å²) in [5.74, 6) is 0. The van der Waals surface area contributed by atoms with E-state index in [0.717, 1.165) is 8.25 Å². The first-order valence-corrected chi connectivity index (χ1v) is 4.55. The number of rotatable bonds is 1. The van der Waals surface area contributed by atoms with E-state index in [1.807, 2.05) is 6.20 Å². The van der Waals surface area contributed by atoms with Gasteiger partial charge in [0.2, 0.25) is 0 Å². The van der Waals surface area contributed by atoms with E-state index in [9.17, 15) is 0 Å². The Morgan fingerprint density at radius 2 is 2.50 bits per heavy atom. The molecule has 1 rings (SSSR count). The number of hydrogen-bond acceptors (Lipinski definition) is 2. The molecule has 0 atom stereocenters. The second-order valence-corrected chi connectivity index (χ2v) is 2.99. The van der Waals surface area contributed by atoms with Crippen molar-refractivity contribution in [3.63, 3.8) is 0 Å². The summed E-state index contributed by atoms with van der Waals surface area (Å²) < 4.78 is 3.59. The number of nitrogens with zero attached hydrogens (tertiary/aromatic N) is 3. The zero-order valence-corrected chi connectivity index (χ0v) is 8.20. The maximum Gasteiger partial charge on any atom is 0.143 e. The van der Waals surface area contributed by atoms with Gasteiger partial charge in [0.05, 0.1) is 10.7 Å². The standard InChI is InChI=1S/C3H3I2N3/c4-2-8-1-3(5)6-7-8/h1H,2H2. The molecule has 0 amide bonds. The van der Waals surface area contributed by atoms with E-state index in [-0.39, 0.29) is 0 Å². The summed E-state index contributed by atoms with van der Waals surface area (Å²) in [5.41, 5.74) is 0. The predicted molar refractivity (Wildman–Crippen MR) is 46.8 cm³/mol. The van der Waals surface area contributed by atoms with Gasteiger partial charge in [-0.2, -0.15) is 0 Å². The van der Waals surface area contributed by atoms with Crippen LogP contribution in [0.1, 0.15) is 0 Å². The summed E-state index contributed by atoms with van der Waals surface area (Å²) >= 11 is 4.35. The summed E-state index contributed by atoms with van der Waals surface area (Å²) in [4.78, 5) is 0. The third-order valence-corrected chi connectivity index (χ3v) is 1.83. The summed E-state index contributed by atoms with van der Waals surface area (Å²) in [6, 6.07) is 0. The highest BCUT2D eigenvalue weighted by Crippen LogP contribution is 1.97.